The number of hydrogen-bond acceptors (Lipinski definition) is 5. The first-order valence-electron chi connectivity index (χ1n) is 9.65. The Labute approximate surface area is 175 Å². The Bertz CT molecular complexity index is 920. The van der Waals surface area contributed by atoms with Crippen molar-refractivity contribution in [1.29, 1.82) is 0 Å². The van der Waals surface area contributed by atoms with Crippen LogP contribution in [0.2, 0.25) is 0 Å². The molecule has 1 amide bonds. The second-order valence-electron chi connectivity index (χ2n) is 6.79. The molecule has 0 saturated heterocycles. The van der Waals surface area contributed by atoms with Gasteiger partial charge in [0.2, 0.25) is 0 Å². The van der Waals surface area contributed by atoms with Crippen molar-refractivity contribution in [2.24, 2.45) is 0 Å². The van der Waals surface area contributed by atoms with E-state index in [9.17, 15) is 4.79 Å². The number of ether oxygens (including phenoxy) is 2. The van der Waals surface area contributed by atoms with Crippen LogP contribution in [-0.2, 0) is 13.2 Å². The molecule has 6 heteroatoms. The zero-order valence-electron chi connectivity index (χ0n) is 17.1. The van der Waals surface area contributed by atoms with Gasteiger partial charge in [0.1, 0.15) is 23.1 Å². The first-order valence-corrected chi connectivity index (χ1v) is 10.5. The van der Waals surface area contributed by atoms with Crippen molar-refractivity contribution < 1.29 is 14.3 Å². The number of hydrogen-bond donors (Lipinski definition) is 0. The zero-order valence-corrected chi connectivity index (χ0v) is 17.9. The minimum atomic E-state index is 0.0379. The molecule has 2 aromatic carbocycles. The molecule has 3 rings (SSSR count). The lowest BCUT2D eigenvalue weighted by Crippen LogP contribution is -2.31. The van der Waals surface area contributed by atoms with E-state index < -0.39 is 0 Å². The lowest BCUT2D eigenvalue weighted by molar-refractivity contribution is 0.0741. The highest BCUT2D eigenvalue weighted by molar-refractivity contribution is 7.09. The minimum absolute atomic E-state index is 0.0379. The van der Waals surface area contributed by atoms with Gasteiger partial charge in [-0.25, -0.2) is 4.98 Å². The van der Waals surface area contributed by atoms with Crippen LogP contribution in [0, 0.1) is 6.92 Å². The van der Waals surface area contributed by atoms with Gasteiger partial charge in [-0.3, -0.25) is 4.79 Å². The predicted molar refractivity (Wildman–Crippen MR) is 116 cm³/mol. The summed E-state index contributed by atoms with van der Waals surface area (Å²) in [5.41, 5.74) is 2.74. The van der Waals surface area contributed by atoms with Gasteiger partial charge in [0.05, 0.1) is 19.3 Å². The summed E-state index contributed by atoms with van der Waals surface area (Å²) in [5, 5.41) is 2.88. The lowest BCUT2D eigenvalue weighted by atomic mass is 10.1. The van der Waals surface area contributed by atoms with Crippen molar-refractivity contribution in [3.05, 3.63) is 75.7 Å². The zero-order chi connectivity index (χ0) is 20.6. The lowest BCUT2D eigenvalue weighted by Gasteiger charge is -2.21. The van der Waals surface area contributed by atoms with Crippen molar-refractivity contribution >= 4 is 17.2 Å². The Hall–Kier alpha value is -2.86. The molecular weight excluding hydrogens is 384 g/mol. The number of thiazole rings is 1. The predicted octanol–water partition coefficient (Wildman–Crippen LogP) is 5.09. The maximum Gasteiger partial charge on any atom is 0.254 e. The van der Waals surface area contributed by atoms with Crippen LogP contribution in [0.3, 0.4) is 0 Å². The van der Waals surface area contributed by atoms with E-state index in [0.29, 0.717) is 25.3 Å². The van der Waals surface area contributed by atoms with Crippen LogP contribution in [-0.4, -0.2) is 29.4 Å². The SMILES string of the molecule is CCCN(Cc1csc(COc2ccc(OC)cc2)n1)C(=O)c1ccc(C)cc1. The van der Waals surface area contributed by atoms with Gasteiger partial charge in [-0.15, -0.1) is 11.3 Å². The Kier molecular flexibility index (Phi) is 7.25. The highest BCUT2D eigenvalue weighted by Crippen LogP contribution is 2.20. The maximum atomic E-state index is 12.9. The van der Waals surface area contributed by atoms with Crippen LogP contribution in [0.25, 0.3) is 0 Å². The molecule has 5 nitrogen and oxygen atoms in total. The molecule has 0 saturated carbocycles. The van der Waals surface area contributed by atoms with E-state index >= 15 is 0 Å². The number of carbonyl (C=O) groups excluding carboxylic acids is 1. The highest BCUT2D eigenvalue weighted by atomic mass is 32.1. The molecule has 1 heterocycles. The number of aryl methyl sites for hydroxylation is 1. The van der Waals surface area contributed by atoms with E-state index in [1.807, 2.05) is 65.7 Å². The first kappa shape index (κ1) is 20.9. The van der Waals surface area contributed by atoms with Gasteiger partial charge in [-0.2, -0.15) is 0 Å². The smallest absolute Gasteiger partial charge is 0.254 e. The molecular formula is C23H26N2O3S. The third-order valence-corrected chi connectivity index (χ3v) is 5.32. The second-order valence-corrected chi connectivity index (χ2v) is 7.73. The molecule has 0 unspecified atom stereocenters. The van der Waals surface area contributed by atoms with Crippen LogP contribution in [0.15, 0.2) is 53.9 Å². The first-order chi connectivity index (χ1) is 14.1. The molecule has 0 aliphatic rings. The maximum absolute atomic E-state index is 12.9. The molecule has 0 aliphatic carbocycles. The van der Waals surface area contributed by atoms with Gasteiger partial charge in [0.25, 0.3) is 5.91 Å². The van der Waals surface area contributed by atoms with Crippen molar-refractivity contribution in [3.8, 4) is 11.5 Å². The molecule has 0 radical (unpaired) electrons. The number of nitrogens with zero attached hydrogens (tertiary/aromatic N) is 2. The van der Waals surface area contributed by atoms with Crippen molar-refractivity contribution in [1.82, 2.24) is 9.88 Å². The van der Waals surface area contributed by atoms with Crippen molar-refractivity contribution in [3.63, 3.8) is 0 Å². The number of carbonyl (C=O) groups is 1. The third-order valence-electron chi connectivity index (χ3n) is 4.45. The standard InChI is InChI=1S/C23H26N2O3S/c1-4-13-25(23(26)18-7-5-17(2)6-8-18)14-19-16-29-22(24-19)15-28-21-11-9-20(27-3)10-12-21/h5-12,16H,4,13-15H2,1-3H3. The fraction of sp³-hybridized carbons (Fsp3) is 0.304. The van der Waals surface area contributed by atoms with E-state index in [4.69, 9.17) is 9.47 Å². The number of benzene rings is 2. The van der Waals surface area contributed by atoms with Gasteiger partial charge < -0.3 is 14.4 Å². The van der Waals surface area contributed by atoms with E-state index in [0.717, 1.165) is 34.2 Å². The molecule has 0 spiro atoms. The minimum Gasteiger partial charge on any atom is -0.497 e. The number of aromatic nitrogens is 1. The largest absolute Gasteiger partial charge is 0.497 e. The molecule has 3 aromatic rings. The fourth-order valence-corrected chi connectivity index (χ4v) is 3.60. The third kappa shape index (κ3) is 5.81. The van der Waals surface area contributed by atoms with Gasteiger partial charge in [0, 0.05) is 17.5 Å². The van der Waals surface area contributed by atoms with Crippen molar-refractivity contribution in [2.75, 3.05) is 13.7 Å². The van der Waals surface area contributed by atoms with Gasteiger partial charge in [0.15, 0.2) is 0 Å². The Balaban J connectivity index is 1.61. The summed E-state index contributed by atoms with van der Waals surface area (Å²) in [6.07, 6.45) is 0.898. The summed E-state index contributed by atoms with van der Waals surface area (Å²) < 4.78 is 10.9. The van der Waals surface area contributed by atoms with Crippen LogP contribution in [0.5, 0.6) is 11.5 Å². The van der Waals surface area contributed by atoms with Crippen LogP contribution in [0.4, 0.5) is 0 Å². The average Bonchev–Trinajstić information content (AvgIpc) is 3.20. The number of rotatable bonds is 9. The summed E-state index contributed by atoms with van der Waals surface area (Å²) in [4.78, 5) is 19.4. The Morgan fingerprint density at radius 2 is 1.76 bits per heavy atom. The summed E-state index contributed by atoms with van der Waals surface area (Å²) in [6, 6.07) is 15.2. The molecule has 1 aromatic heterocycles. The quantitative estimate of drug-likeness (QED) is 0.493. The molecule has 0 fully saturated rings. The molecule has 0 atom stereocenters. The summed E-state index contributed by atoms with van der Waals surface area (Å²) in [7, 11) is 1.64. The fourth-order valence-electron chi connectivity index (χ4n) is 2.90. The Morgan fingerprint density at radius 3 is 2.41 bits per heavy atom. The summed E-state index contributed by atoms with van der Waals surface area (Å²) >= 11 is 1.55. The summed E-state index contributed by atoms with van der Waals surface area (Å²) in [6.45, 7) is 5.69. The molecule has 0 N–H and O–H groups in total. The van der Waals surface area contributed by atoms with Gasteiger partial charge in [-0.1, -0.05) is 24.6 Å². The Morgan fingerprint density at radius 1 is 1.07 bits per heavy atom. The molecule has 0 aliphatic heterocycles. The van der Waals surface area contributed by atoms with E-state index in [1.165, 1.54) is 0 Å². The van der Waals surface area contributed by atoms with Crippen LogP contribution >= 0.6 is 11.3 Å². The van der Waals surface area contributed by atoms with Gasteiger partial charge in [-0.05, 0) is 49.7 Å². The second kappa shape index (κ2) is 10.1. The summed E-state index contributed by atoms with van der Waals surface area (Å²) in [5.74, 6) is 1.60. The average molecular weight is 411 g/mol. The van der Waals surface area contributed by atoms with E-state index in [1.54, 1.807) is 18.4 Å². The monoisotopic (exact) mass is 410 g/mol. The van der Waals surface area contributed by atoms with E-state index in [2.05, 4.69) is 11.9 Å². The number of methoxy groups -OCH3 is 1. The molecule has 29 heavy (non-hydrogen) atoms. The van der Waals surface area contributed by atoms with E-state index in [-0.39, 0.29) is 5.91 Å². The molecule has 152 valence electrons. The van der Waals surface area contributed by atoms with Crippen LogP contribution in [0.1, 0.15) is 40.0 Å². The highest BCUT2D eigenvalue weighted by Gasteiger charge is 2.17. The molecule has 0 bridgehead atoms. The number of amides is 1. The van der Waals surface area contributed by atoms with Crippen molar-refractivity contribution in [2.45, 2.75) is 33.4 Å². The van der Waals surface area contributed by atoms with Gasteiger partial charge >= 0.3 is 0 Å². The normalized spacial score (nSPS) is 10.6. The van der Waals surface area contributed by atoms with Crippen LogP contribution < -0.4 is 9.47 Å². The topological polar surface area (TPSA) is 51.7 Å².